The van der Waals surface area contributed by atoms with Crippen molar-refractivity contribution in [2.24, 2.45) is 50.2 Å². The third kappa shape index (κ3) is 4.62. The molecule has 5 rings (SSSR count). The smallest absolute Gasteiger partial charge is 0.305 e. The fraction of sp³-hybridized carbons (Fsp3) is 0.757. The standard InChI is InChI=1S/C37H51NO5/c1-32(2)16-18-37(15-12-23(39)10-11-29(41)43-9)19-17-36(7)30(24(37)21-32)26(40)20-28-34(5)22-25(38-8)31(42)33(3,4)27(34)13-14-35(28,36)6/h20,22,24,27,30H,10-19,21H2,1-7,9H3/t24-,27-,30-,34-,35+,36+,37+/m0/s1. The van der Waals surface area contributed by atoms with Gasteiger partial charge in [-0.3, -0.25) is 14.4 Å². The molecule has 0 heterocycles. The molecule has 0 aliphatic heterocycles. The topological polar surface area (TPSA) is 81.9 Å². The summed E-state index contributed by atoms with van der Waals surface area (Å²) in [7, 11) is 1.35. The van der Waals surface area contributed by atoms with E-state index < -0.39 is 10.8 Å². The van der Waals surface area contributed by atoms with Crippen LogP contribution in [-0.4, -0.2) is 30.4 Å². The van der Waals surface area contributed by atoms with Crippen molar-refractivity contribution in [3.8, 4) is 0 Å². The number of nitrogens with zero attached hydrogens (tertiary/aromatic N) is 1. The Balaban J connectivity index is 1.55. The van der Waals surface area contributed by atoms with Gasteiger partial charge in [-0.1, -0.05) is 60.1 Å². The largest absolute Gasteiger partial charge is 0.469 e. The van der Waals surface area contributed by atoms with Crippen LogP contribution in [0.2, 0.25) is 0 Å². The van der Waals surface area contributed by atoms with E-state index in [-0.39, 0.29) is 81.3 Å². The number of allylic oxidation sites excluding steroid dienone is 4. The molecule has 0 N–H and O–H groups in total. The zero-order chi connectivity index (χ0) is 31.8. The lowest BCUT2D eigenvalue weighted by Crippen LogP contribution is -2.64. The predicted octanol–water partition coefficient (Wildman–Crippen LogP) is 7.86. The fourth-order valence-corrected chi connectivity index (χ4v) is 11.0. The van der Waals surface area contributed by atoms with Crippen molar-refractivity contribution in [3.63, 3.8) is 0 Å². The maximum absolute atomic E-state index is 14.6. The molecule has 0 unspecified atom stereocenters. The van der Waals surface area contributed by atoms with E-state index in [0.717, 1.165) is 56.9 Å². The highest BCUT2D eigenvalue weighted by atomic mass is 16.5. The Hall–Kier alpha value is -2.55. The van der Waals surface area contributed by atoms with Crippen molar-refractivity contribution in [2.75, 3.05) is 7.11 Å². The minimum Gasteiger partial charge on any atom is -0.469 e. The molecule has 43 heavy (non-hydrogen) atoms. The molecule has 0 aromatic rings. The normalized spacial score (nSPS) is 40.9. The second-order valence-corrected chi connectivity index (χ2v) is 16.7. The molecule has 234 valence electrons. The minimum atomic E-state index is -0.665. The number of hydrogen-bond donors (Lipinski definition) is 0. The van der Waals surface area contributed by atoms with Crippen LogP contribution in [0.4, 0.5) is 0 Å². The first-order valence-corrected chi connectivity index (χ1v) is 16.4. The van der Waals surface area contributed by atoms with Gasteiger partial charge in [0.2, 0.25) is 5.70 Å². The maximum Gasteiger partial charge on any atom is 0.305 e. The number of ketones is 3. The van der Waals surface area contributed by atoms with Gasteiger partial charge in [0.15, 0.2) is 11.6 Å². The van der Waals surface area contributed by atoms with Crippen LogP contribution >= 0.6 is 0 Å². The van der Waals surface area contributed by atoms with Crippen molar-refractivity contribution in [3.05, 3.63) is 34.8 Å². The summed E-state index contributed by atoms with van der Waals surface area (Å²) in [6.45, 7) is 23.3. The summed E-state index contributed by atoms with van der Waals surface area (Å²) in [5, 5.41) is 0. The second kappa shape index (κ2) is 10.2. The zero-order valence-corrected chi connectivity index (χ0v) is 27.7. The number of carbonyl (C=O) groups excluding carboxylic acids is 4. The molecule has 0 aromatic carbocycles. The number of ether oxygens (including phenoxy) is 1. The quantitative estimate of drug-likeness (QED) is 0.233. The Morgan fingerprint density at radius 3 is 2.28 bits per heavy atom. The summed E-state index contributed by atoms with van der Waals surface area (Å²) in [4.78, 5) is 56.2. The first-order valence-electron chi connectivity index (χ1n) is 16.4. The second-order valence-electron chi connectivity index (χ2n) is 16.7. The lowest BCUT2D eigenvalue weighted by Gasteiger charge is -2.69. The number of Topliss-reactive ketones (excluding diaryl/α,β-unsaturated/α-hetero) is 2. The Morgan fingerprint density at radius 1 is 0.953 bits per heavy atom. The molecule has 0 spiro atoms. The highest BCUT2D eigenvalue weighted by molar-refractivity contribution is 6.03. The van der Waals surface area contributed by atoms with Gasteiger partial charge in [-0.15, -0.1) is 0 Å². The third-order valence-corrected chi connectivity index (χ3v) is 13.8. The highest BCUT2D eigenvalue weighted by Crippen LogP contribution is 2.75. The lowest BCUT2D eigenvalue weighted by molar-refractivity contribution is -0.173. The molecule has 0 saturated heterocycles. The van der Waals surface area contributed by atoms with Crippen LogP contribution in [0.3, 0.4) is 0 Å². The van der Waals surface area contributed by atoms with Gasteiger partial charge in [-0.2, -0.15) is 0 Å². The summed E-state index contributed by atoms with van der Waals surface area (Å²) in [5.74, 6) is -0.0198. The van der Waals surface area contributed by atoms with Crippen LogP contribution in [0, 0.1) is 56.8 Å². The molecule has 0 amide bonds. The number of hydrogen-bond acceptors (Lipinski definition) is 5. The van der Waals surface area contributed by atoms with Gasteiger partial charge in [-0.25, -0.2) is 4.85 Å². The van der Waals surface area contributed by atoms with E-state index >= 15 is 0 Å². The Morgan fingerprint density at radius 2 is 1.63 bits per heavy atom. The first-order chi connectivity index (χ1) is 19.9. The first kappa shape index (κ1) is 31.9. The van der Waals surface area contributed by atoms with E-state index in [9.17, 15) is 19.2 Å². The van der Waals surface area contributed by atoms with E-state index in [0.29, 0.717) is 6.42 Å². The van der Waals surface area contributed by atoms with Crippen molar-refractivity contribution >= 4 is 23.3 Å². The van der Waals surface area contributed by atoms with E-state index in [4.69, 9.17) is 11.3 Å². The van der Waals surface area contributed by atoms with Gasteiger partial charge < -0.3 is 9.53 Å². The van der Waals surface area contributed by atoms with Crippen LogP contribution in [0.1, 0.15) is 119 Å². The summed E-state index contributed by atoms with van der Waals surface area (Å²) in [5.41, 5.74) is -0.281. The number of methoxy groups -OCH3 is 1. The molecule has 5 aliphatic carbocycles. The number of fused-ring (bicyclic) bond motifs is 7. The van der Waals surface area contributed by atoms with Crippen LogP contribution in [-0.2, 0) is 23.9 Å². The third-order valence-electron chi connectivity index (χ3n) is 13.8. The SMILES string of the molecule is [C-]#[N+]C1=C[C@]2(C)C3=CC(=O)[C@@H]4[C@@H]5CC(C)(C)CC[C@]5(CCC(=O)CCC(=O)OC)CC[C@@]4(C)[C@]3(C)CC[C@H]2C(C)(C)C1=O. The molecule has 7 atom stereocenters. The summed E-state index contributed by atoms with van der Waals surface area (Å²) in [6, 6.07) is 0. The van der Waals surface area contributed by atoms with Crippen LogP contribution in [0.15, 0.2) is 23.4 Å². The summed E-state index contributed by atoms with van der Waals surface area (Å²) >= 11 is 0. The van der Waals surface area contributed by atoms with Crippen LogP contribution in [0.25, 0.3) is 4.85 Å². The van der Waals surface area contributed by atoms with Crippen molar-refractivity contribution in [1.82, 2.24) is 0 Å². The van der Waals surface area contributed by atoms with Crippen LogP contribution < -0.4 is 0 Å². The molecule has 3 saturated carbocycles. The van der Waals surface area contributed by atoms with Gasteiger partial charge in [-0.05, 0) is 90.9 Å². The number of rotatable bonds is 6. The summed E-state index contributed by atoms with van der Waals surface area (Å²) in [6.07, 6.45) is 12.2. The Bertz CT molecular complexity index is 1360. The average molecular weight is 590 g/mol. The van der Waals surface area contributed by atoms with Crippen molar-refractivity contribution < 1.29 is 23.9 Å². The average Bonchev–Trinajstić information content (AvgIpc) is 2.94. The summed E-state index contributed by atoms with van der Waals surface area (Å²) < 4.78 is 4.74. The molecule has 0 radical (unpaired) electrons. The zero-order valence-electron chi connectivity index (χ0n) is 27.7. The molecular weight excluding hydrogens is 538 g/mol. The van der Waals surface area contributed by atoms with E-state index in [2.05, 4.69) is 39.5 Å². The highest BCUT2D eigenvalue weighted by Gasteiger charge is 2.69. The van der Waals surface area contributed by atoms with Crippen molar-refractivity contribution in [2.45, 2.75) is 119 Å². The van der Waals surface area contributed by atoms with Gasteiger partial charge in [0.25, 0.3) is 0 Å². The molecule has 5 aliphatic rings. The fourth-order valence-electron chi connectivity index (χ4n) is 11.0. The predicted molar refractivity (Wildman–Crippen MR) is 165 cm³/mol. The molecular formula is C37H51NO5. The Kier molecular flexibility index (Phi) is 7.59. The van der Waals surface area contributed by atoms with Gasteiger partial charge in [0.05, 0.1) is 20.1 Å². The van der Waals surface area contributed by atoms with Crippen molar-refractivity contribution in [1.29, 1.82) is 0 Å². The number of esters is 1. The molecule has 0 aromatic heterocycles. The van der Waals surface area contributed by atoms with E-state index in [1.807, 2.05) is 26.0 Å². The Labute approximate surface area is 258 Å². The number of carbonyl (C=O) groups is 4. The van der Waals surface area contributed by atoms with Gasteiger partial charge in [0.1, 0.15) is 5.78 Å². The lowest BCUT2D eigenvalue weighted by atomic mass is 9.34. The molecule has 3 fully saturated rings. The van der Waals surface area contributed by atoms with E-state index in [1.54, 1.807) is 0 Å². The van der Waals surface area contributed by atoms with Gasteiger partial charge >= 0.3 is 5.97 Å². The van der Waals surface area contributed by atoms with Crippen LogP contribution in [0.5, 0.6) is 0 Å². The maximum atomic E-state index is 14.6. The monoisotopic (exact) mass is 589 g/mol. The minimum absolute atomic E-state index is 0.0394. The van der Waals surface area contributed by atoms with E-state index in [1.165, 1.54) is 7.11 Å². The molecule has 6 nitrogen and oxygen atoms in total. The molecule has 0 bridgehead atoms. The molecule has 6 heteroatoms. The van der Waals surface area contributed by atoms with Gasteiger partial charge in [0, 0.05) is 29.6 Å².